The van der Waals surface area contributed by atoms with Gasteiger partial charge in [0.1, 0.15) is 11.3 Å². The van der Waals surface area contributed by atoms with Gasteiger partial charge in [-0.25, -0.2) is 9.97 Å². The first-order chi connectivity index (χ1) is 22.8. The molecule has 0 atom stereocenters. The number of benzene rings is 6. The second kappa shape index (κ2) is 10.7. The Morgan fingerprint density at radius 2 is 1.00 bits per heavy atom. The molecule has 0 spiro atoms. The molecule has 0 unspecified atom stereocenters. The molecule has 4 nitrogen and oxygen atoms in total. The van der Waals surface area contributed by atoms with Crippen LogP contribution in [0, 0.1) is 0 Å². The molecule has 0 amide bonds. The average molecular weight is 589 g/mol. The zero-order chi connectivity index (χ0) is 30.5. The molecule has 3 aromatic heterocycles. The molecule has 6 aromatic carbocycles. The number of hydrogen-bond acceptors (Lipinski definition) is 2. The minimum Gasteiger partial charge on any atom is -0.309 e. The molecule has 0 radical (unpaired) electrons. The Kier molecular flexibility index (Phi) is 6.10. The van der Waals surface area contributed by atoms with E-state index in [-0.39, 0.29) is 0 Å². The lowest BCUT2D eigenvalue weighted by Gasteiger charge is -2.11. The van der Waals surface area contributed by atoms with Gasteiger partial charge in [-0.3, -0.25) is 4.57 Å². The van der Waals surface area contributed by atoms with E-state index in [0.717, 1.165) is 50.6 Å². The summed E-state index contributed by atoms with van der Waals surface area (Å²) in [5.74, 6) is 0.859. The number of nitrogens with zero attached hydrogens (tertiary/aromatic N) is 4. The third kappa shape index (κ3) is 4.23. The molecule has 0 fully saturated rings. The molecule has 0 saturated carbocycles. The number of rotatable bonds is 5. The van der Waals surface area contributed by atoms with Crippen molar-refractivity contribution in [2.24, 2.45) is 0 Å². The number of imidazole rings is 1. The number of hydrogen-bond donors (Lipinski definition) is 0. The minimum absolute atomic E-state index is 0.825. The van der Waals surface area contributed by atoms with Crippen molar-refractivity contribution in [2.45, 2.75) is 0 Å². The van der Waals surface area contributed by atoms with E-state index < -0.39 is 0 Å². The highest BCUT2D eigenvalue weighted by molar-refractivity contribution is 6.09. The molecular weight excluding hydrogens is 560 g/mol. The standard InChI is InChI=1S/C42H28N4/c1-3-13-29(14-4-1)30-15-11-17-32(27-30)41-44-40-35(25-26-43-42(40)46(41)33-18-5-2-6-19-33)31-16-12-20-34(28-31)45-38-23-9-7-21-36(38)37-22-8-10-24-39(37)45/h1-28H. The summed E-state index contributed by atoms with van der Waals surface area (Å²) < 4.78 is 4.54. The molecule has 0 aliphatic heterocycles. The third-order valence-corrected chi connectivity index (χ3v) is 8.78. The zero-order valence-electron chi connectivity index (χ0n) is 25.0. The van der Waals surface area contributed by atoms with Crippen LogP contribution in [0.2, 0.25) is 0 Å². The first-order valence-corrected chi connectivity index (χ1v) is 15.5. The maximum atomic E-state index is 5.36. The lowest BCUT2D eigenvalue weighted by molar-refractivity contribution is 1.08. The van der Waals surface area contributed by atoms with E-state index >= 15 is 0 Å². The summed E-state index contributed by atoms with van der Waals surface area (Å²) in [7, 11) is 0. The van der Waals surface area contributed by atoms with E-state index in [2.05, 4.69) is 161 Å². The smallest absolute Gasteiger partial charge is 0.165 e. The van der Waals surface area contributed by atoms with Gasteiger partial charge in [0, 0.05) is 39.5 Å². The number of fused-ring (bicyclic) bond motifs is 4. The van der Waals surface area contributed by atoms with Crippen LogP contribution < -0.4 is 0 Å². The maximum absolute atomic E-state index is 5.36. The maximum Gasteiger partial charge on any atom is 0.165 e. The molecular formula is C42H28N4. The predicted octanol–water partition coefficient (Wildman–Crippen LogP) is 10.5. The second-order valence-corrected chi connectivity index (χ2v) is 11.5. The van der Waals surface area contributed by atoms with Crippen molar-refractivity contribution in [1.82, 2.24) is 19.1 Å². The number of aromatic nitrogens is 4. The van der Waals surface area contributed by atoms with Gasteiger partial charge in [-0.15, -0.1) is 0 Å². The highest BCUT2D eigenvalue weighted by Crippen LogP contribution is 2.37. The molecule has 3 heterocycles. The first-order valence-electron chi connectivity index (χ1n) is 15.5. The van der Waals surface area contributed by atoms with Crippen LogP contribution in [-0.4, -0.2) is 19.1 Å². The summed E-state index contributed by atoms with van der Waals surface area (Å²) in [5, 5.41) is 2.50. The topological polar surface area (TPSA) is 35.6 Å². The van der Waals surface area contributed by atoms with Crippen molar-refractivity contribution in [3.63, 3.8) is 0 Å². The van der Waals surface area contributed by atoms with E-state index in [4.69, 9.17) is 9.97 Å². The highest BCUT2D eigenvalue weighted by atomic mass is 15.1. The van der Waals surface area contributed by atoms with Crippen molar-refractivity contribution in [2.75, 3.05) is 0 Å². The lowest BCUT2D eigenvalue weighted by atomic mass is 10.0. The molecule has 9 aromatic rings. The number of pyridine rings is 1. The zero-order valence-corrected chi connectivity index (χ0v) is 25.0. The second-order valence-electron chi connectivity index (χ2n) is 11.5. The van der Waals surface area contributed by atoms with Gasteiger partial charge in [0.2, 0.25) is 0 Å². The SMILES string of the molecule is c1ccc(-c2cccc(-c3nc4c(-c5cccc(-n6c7ccccc7c7ccccc76)c5)ccnc4n3-c3ccccc3)c2)cc1. The Labute approximate surface area is 266 Å². The van der Waals surface area contributed by atoms with Gasteiger partial charge in [0.15, 0.2) is 5.65 Å². The van der Waals surface area contributed by atoms with E-state index in [1.807, 2.05) is 18.3 Å². The average Bonchev–Trinajstić information content (AvgIpc) is 3.69. The van der Waals surface area contributed by atoms with Crippen molar-refractivity contribution in [3.05, 3.63) is 170 Å². The van der Waals surface area contributed by atoms with Crippen LogP contribution in [-0.2, 0) is 0 Å². The Balaban J connectivity index is 1.26. The van der Waals surface area contributed by atoms with Crippen LogP contribution in [0.1, 0.15) is 0 Å². The third-order valence-electron chi connectivity index (χ3n) is 8.78. The Hall–Kier alpha value is -6.26. The summed E-state index contributed by atoms with van der Waals surface area (Å²) in [6.07, 6.45) is 1.90. The molecule has 46 heavy (non-hydrogen) atoms. The fourth-order valence-electron chi connectivity index (χ4n) is 6.70. The van der Waals surface area contributed by atoms with Gasteiger partial charge in [0.25, 0.3) is 0 Å². The Morgan fingerprint density at radius 3 is 1.76 bits per heavy atom. The van der Waals surface area contributed by atoms with Crippen molar-refractivity contribution < 1.29 is 0 Å². The van der Waals surface area contributed by atoms with Crippen molar-refractivity contribution in [1.29, 1.82) is 0 Å². The van der Waals surface area contributed by atoms with Gasteiger partial charge in [-0.1, -0.05) is 115 Å². The summed E-state index contributed by atoms with van der Waals surface area (Å²) in [6.45, 7) is 0. The largest absolute Gasteiger partial charge is 0.309 e. The monoisotopic (exact) mass is 588 g/mol. The molecule has 4 heteroatoms. The molecule has 216 valence electrons. The van der Waals surface area contributed by atoms with Gasteiger partial charge in [-0.05, 0) is 65.2 Å². The molecule has 0 saturated heterocycles. The predicted molar refractivity (Wildman–Crippen MR) is 190 cm³/mol. The summed E-state index contributed by atoms with van der Waals surface area (Å²) in [6, 6.07) is 57.6. The molecule has 9 rings (SSSR count). The number of para-hydroxylation sites is 3. The fourth-order valence-corrected chi connectivity index (χ4v) is 6.70. The minimum atomic E-state index is 0.825. The van der Waals surface area contributed by atoms with Crippen LogP contribution in [0.3, 0.4) is 0 Å². The van der Waals surface area contributed by atoms with E-state index in [0.29, 0.717) is 0 Å². The summed E-state index contributed by atoms with van der Waals surface area (Å²) in [5.41, 5.74) is 11.7. The van der Waals surface area contributed by atoms with Gasteiger partial charge in [0.05, 0.1) is 11.0 Å². The quantitative estimate of drug-likeness (QED) is 0.200. The molecule has 0 aliphatic carbocycles. The van der Waals surface area contributed by atoms with Gasteiger partial charge < -0.3 is 4.57 Å². The van der Waals surface area contributed by atoms with E-state index in [9.17, 15) is 0 Å². The first kappa shape index (κ1) is 26.2. The van der Waals surface area contributed by atoms with E-state index in [1.165, 1.54) is 27.4 Å². The van der Waals surface area contributed by atoms with Gasteiger partial charge in [-0.2, -0.15) is 0 Å². The van der Waals surface area contributed by atoms with Crippen LogP contribution in [0.15, 0.2) is 170 Å². The van der Waals surface area contributed by atoms with Crippen LogP contribution in [0.25, 0.3) is 78.0 Å². The Morgan fingerprint density at radius 1 is 0.413 bits per heavy atom. The van der Waals surface area contributed by atoms with Crippen LogP contribution in [0.4, 0.5) is 0 Å². The van der Waals surface area contributed by atoms with Crippen molar-refractivity contribution >= 4 is 33.0 Å². The lowest BCUT2D eigenvalue weighted by Crippen LogP contribution is -1.98. The van der Waals surface area contributed by atoms with Gasteiger partial charge >= 0.3 is 0 Å². The fraction of sp³-hybridized carbons (Fsp3) is 0. The Bertz CT molecular complexity index is 2470. The summed E-state index contributed by atoms with van der Waals surface area (Å²) >= 11 is 0. The normalized spacial score (nSPS) is 11.5. The molecule has 0 bridgehead atoms. The van der Waals surface area contributed by atoms with Crippen LogP contribution in [0.5, 0.6) is 0 Å². The molecule has 0 aliphatic rings. The summed E-state index contributed by atoms with van der Waals surface area (Å²) in [4.78, 5) is 10.3. The highest BCUT2D eigenvalue weighted by Gasteiger charge is 2.20. The van der Waals surface area contributed by atoms with E-state index in [1.54, 1.807) is 0 Å². The van der Waals surface area contributed by atoms with Crippen molar-refractivity contribution in [3.8, 4) is 45.0 Å². The van der Waals surface area contributed by atoms with Crippen LogP contribution >= 0.6 is 0 Å². The molecule has 0 N–H and O–H groups in total.